The van der Waals surface area contributed by atoms with Crippen LogP contribution in [0.3, 0.4) is 0 Å². The molecule has 0 aliphatic carbocycles. The number of nitrogens with zero attached hydrogens (tertiary/aromatic N) is 1. The smallest absolute Gasteiger partial charge is 0.130 e. The van der Waals surface area contributed by atoms with Gasteiger partial charge in [0.1, 0.15) is 18.1 Å². The molecular weight excluding hydrogens is 204 g/mol. The van der Waals surface area contributed by atoms with Gasteiger partial charge in [0.05, 0.1) is 17.6 Å². The molecule has 0 aliphatic heterocycles. The molecule has 0 unspecified atom stereocenters. The molecule has 0 fully saturated rings. The minimum Gasteiger partial charge on any atom is -0.508 e. The van der Waals surface area contributed by atoms with E-state index in [4.69, 9.17) is 10.5 Å². The van der Waals surface area contributed by atoms with Crippen molar-refractivity contribution in [3.05, 3.63) is 48.3 Å². The molecule has 4 heteroatoms. The van der Waals surface area contributed by atoms with Gasteiger partial charge in [-0.05, 0) is 24.3 Å². The van der Waals surface area contributed by atoms with Crippen LogP contribution < -0.4 is 10.5 Å². The van der Waals surface area contributed by atoms with E-state index in [0.717, 1.165) is 5.69 Å². The summed E-state index contributed by atoms with van der Waals surface area (Å²) in [6.45, 7) is 0.351. The molecule has 82 valence electrons. The number of rotatable bonds is 3. The van der Waals surface area contributed by atoms with E-state index in [1.54, 1.807) is 42.6 Å². The summed E-state index contributed by atoms with van der Waals surface area (Å²) in [5, 5.41) is 9.23. The van der Waals surface area contributed by atoms with E-state index in [-0.39, 0.29) is 5.75 Å². The van der Waals surface area contributed by atoms with E-state index in [1.807, 2.05) is 0 Å². The van der Waals surface area contributed by atoms with Crippen LogP contribution in [0.1, 0.15) is 5.69 Å². The Morgan fingerprint density at radius 3 is 2.81 bits per heavy atom. The molecule has 0 amide bonds. The van der Waals surface area contributed by atoms with Gasteiger partial charge < -0.3 is 15.6 Å². The minimum atomic E-state index is 0.183. The van der Waals surface area contributed by atoms with Crippen molar-refractivity contribution in [2.45, 2.75) is 6.61 Å². The van der Waals surface area contributed by atoms with Crippen molar-refractivity contribution in [2.24, 2.45) is 0 Å². The van der Waals surface area contributed by atoms with E-state index in [9.17, 15) is 5.11 Å². The second-order valence-corrected chi connectivity index (χ2v) is 3.37. The van der Waals surface area contributed by atoms with Gasteiger partial charge in [0.2, 0.25) is 0 Å². The van der Waals surface area contributed by atoms with Crippen LogP contribution in [0.4, 0.5) is 5.69 Å². The summed E-state index contributed by atoms with van der Waals surface area (Å²) in [7, 11) is 0. The Morgan fingerprint density at radius 1 is 1.25 bits per heavy atom. The Labute approximate surface area is 93.3 Å². The highest BCUT2D eigenvalue weighted by molar-refractivity contribution is 5.35. The van der Waals surface area contributed by atoms with Crippen LogP contribution in [0.5, 0.6) is 11.5 Å². The number of aromatic nitrogens is 1. The predicted molar refractivity (Wildman–Crippen MR) is 61.1 cm³/mol. The summed E-state index contributed by atoms with van der Waals surface area (Å²) in [5.41, 5.74) is 6.93. The normalized spacial score (nSPS) is 10.0. The molecule has 0 aliphatic rings. The number of hydrogen-bond donors (Lipinski definition) is 2. The van der Waals surface area contributed by atoms with Crippen LogP contribution >= 0.6 is 0 Å². The summed E-state index contributed by atoms with van der Waals surface area (Å²) in [6, 6.07) is 10.2. The fraction of sp³-hybridized carbons (Fsp3) is 0.0833. The minimum absolute atomic E-state index is 0.183. The van der Waals surface area contributed by atoms with Crippen molar-refractivity contribution in [2.75, 3.05) is 5.73 Å². The Bertz CT molecular complexity index is 469. The topological polar surface area (TPSA) is 68.4 Å². The summed E-state index contributed by atoms with van der Waals surface area (Å²) >= 11 is 0. The lowest BCUT2D eigenvalue weighted by atomic mass is 10.3. The molecule has 1 aromatic carbocycles. The summed E-state index contributed by atoms with van der Waals surface area (Å²) in [5.74, 6) is 0.793. The molecule has 4 nitrogen and oxygen atoms in total. The second-order valence-electron chi connectivity index (χ2n) is 3.37. The molecule has 0 spiro atoms. The maximum absolute atomic E-state index is 9.23. The van der Waals surface area contributed by atoms with E-state index in [2.05, 4.69) is 4.98 Å². The molecule has 0 saturated heterocycles. The van der Waals surface area contributed by atoms with Crippen molar-refractivity contribution in [3.8, 4) is 11.5 Å². The monoisotopic (exact) mass is 216 g/mol. The van der Waals surface area contributed by atoms with Crippen molar-refractivity contribution in [1.29, 1.82) is 0 Å². The van der Waals surface area contributed by atoms with Crippen LogP contribution in [-0.4, -0.2) is 10.1 Å². The van der Waals surface area contributed by atoms with Crippen molar-refractivity contribution in [3.63, 3.8) is 0 Å². The first-order valence-corrected chi connectivity index (χ1v) is 4.86. The van der Waals surface area contributed by atoms with E-state index >= 15 is 0 Å². The van der Waals surface area contributed by atoms with Crippen LogP contribution in [0.25, 0.3) is 0 Å². The molecule has 1 aromatic heterocycles. The third-order valence-electron chi connectivity index (χ3n) is 2.05. The van der Waals surface area contributed by atoms with Gasteiger partial charge in [0.25, 0.3) is 0 Å². The molecule has 3 N–H and O–H groups in total. The number of ether oxygens (including phenoxy) is 1. The van der Waals surface area contributed by atoms with Gasteiger partial charge in [-0.25, -0.2) is 0 Å². The Kier molecular flexibility index (Phi) is 2.91. The lowest BCUT2D eigenvalue weighted by molar-refractivity contribution is 0.299. The standard InChI is InChI=1S/C12H12N2O2/c13-9-4-5-10(14-7-9)8-16-12-3-1-2-11(15)6-12/h1-7,15H,8,13H2. The van der Waals surface area contributed by atoms with Gasteiger partial charge >= 0.3 is 0 Å². The molecule has 2 aromatic rings. The number of phenolic OH excluding ortho intramolecular Hbond substituents is 1. The molecule has 0 radical (unpaired) electrons. The molecular formula is C12H12N2O2. The van der Waals surface area contributed by atoms with Gasteiger partial charge in [-0.1, -0.05) is 6.07 Å². The molecule has 0 saturated carbocycles. The zero-order valence-corrected chi connectivity index (χ0v) is 8.63. The molecule has 16 heavy (non-hydrogen) atoms. The van der Waals surface area contributed by atoms with Crippen LogP contribution in [0, 0.1) is 0 Å². The maximum Gasteiger partial charge on any atom is 0.130 e. The third kappa shape index (κ3) is 2.63. The SMILES string of the molecule is Nc1ccc(COc2cccc(O)c2)nc1. The van der Waals surface area contributed by atoms with Gasteiger partial charge in [-0.15, -0.1) is 0 Å². The first kappa shape index (κ1) is 10.3. The summed E-state index contributed by atoms with van der Waals surface area (Å²) in [6.07, 6.45) is 1.58. The van der Waals surface area contributed by atoms with Crippen LogP contribution in [-0.2, 0) is 6.61 Å². The number of phenols is 1. The average Bonchev–Trinajstić information content (AvgIpc) is 2.28. The van der Waals surface area contributed by atoms with Crippen molar-refractivity contribution < 1.29 is 9.84 Å². The molecule has 2 rings (SSSR count). The number of aromatic hydroxyl groups is 1. The van der Waals surface area contributed by atoms with Crippen LogP contribution in [0.2, 0.25) is 0 Å². The molecule has 0 atom stereocenters. The first-order chi connectivity index (χ1) is 7.74. The highest BCUT2D eigenvalue weighted by Gasteiger charge is 1.98. The van der Waals surface area contributed by atoms with E-state index in [0.29, 0.717) is 18.0 Å². The summed E-state index contributed by atoms with van der Waals surface area (Å²) < 4.78 is 5.45. The lowest BCUT2D eigenvalue weighted by Crippen LogP contribution is -1.98. The van der Waals surface area contributed by atoms with Gasteiger partial charge in [-0.2, -0.15) is 0 Å². The van der Waals surface area contributed by atoms with E-state index in [1.165, 1.54) is 0 Å². The largest absolute Gasteiger partial charge is 0.508 e. The number of nitrogens with two attached hydrogens (primary N) is 1. The van der Waals surface area contributed by atoms with E-state index < -0.39 is 0 Å². The maximum atomic E-state index is 9.23. The Balaban J connectivity index is 1.99. The summed E-state index contributed by atoms with van der Waals surface area (Å²) in [4.78, 5) is 4.10. The molecule has 0 bridgehead atoms. The van der Waals surface area contributed by atoms with Gasteiger partial charge in [0.15, 0.2) is 0 Å². The zero-order valence-electron chi connectivity index (χ0n) is 8.63. The first-order valence-electron chi connectivity index (χ1n) is 4.86. The Morgan fingerprint density at radius 2 is 2.12 bits per heavy atom. The molecule has 1 heterocycles. The lowest BCUT2D eigenvalue weighted by Gasteiger charge is -2.05. The highest BCUT2D eigenvalue weighted by Crippen LogP contribution is 2.18. The third-order valence-corrected chi connectivity index (χ3v) is 2.05. The van der Waals surface area contributed by atoms with Crippen LogP contribution in [0.15, 0.2) is 42.6 Å². The highest BCUT2D eigenvalue weighted by atomic mass is 16.5. The van der Waals surface area contributed by atoms with Gasteiger partial charge in [0, 0.05) is 6.07 Å². The number of anilines is 1. The number of hydrogen-bond acceptors (Lipinski definition) is 4. The number of pyridine rings is 1. The fourth-order valence-electron chi connectivity index (χ4n) is 1.25. The zero-order chi connectivity index (χ0) is 11.4. The Hall–Kier alpha value is -2.23. The second kappa shape index (κ2) is 4.53. The average molecular weight is 216 g/mol. The van der Waals surface area contributed by atoms with Crippen molar-refractivity contribution in [1.82, 2.24) is 4.98 Å². The fourth-order valence-corrected chi connectivity index (χ4v) is 1.25. The van der Waals surface area contributed by atoms with Crippen molar-refractivity contribution >= 4 is 5.69 Å². The predicted octanol–water partition coefficient (Wildman–Crippen LogP) is 1.95. The number of benzene rings is 1. The van der Waals surface area contributed by atoms with Gasteiger partial charge in [-0.3, -0.25) is 4.98 Å². The number of nitrogen functional groups attached to an aromatic ring is 1. The quantitative estimate of drug-likeness (QED) is 0.822.